The lowest BCUT2D eigenvalue weighted by Crippen LogP contribution is -2.32. The molecule has 0 aliphatic heterocycles. The minimum absolute atomic E-state index is 0.0915. The van der Waals surface area contributed by atoms with E-state index in [9.17, 15) is 14.9 Å². The summed E-state index contributed by atoms with van der Waals surface area (Å²) in [5, 5.41) is 12.6. The predicted molar refractivity (Wildman–Crippen MR) is 92.4 cm³/mol. The zero-order valence-corrected chi connectivity index (χ0v) is 14.7. The molecule has 0 unspecified atom stereocenters. The number of rotatable bonds is 3. The number of aromatic nitrogens is 2. The minimum atomic E-state index is -0.322. The van der Waals surface area contributed by atoms with E-state index in [1.165, 1.54) is 15.9 Å². The quantitative estimate of drug-likeness (QED) is 0.926. The van der Waals surface area contributed by atoms with Crippen LogP contribution in [0, 0.1) is 32.1 Å². The van der Waals surface area contributed by atoms with E-state index in [2.05, 4.69) is 16.4 Å². The maximum atomic E-state index is 12.5. The molecule has 6 nitrogen and oxygen atoms in total. The summed E-state index contributed by atoms with van der Waals surface area (Å²) in [5.74, 6) is 0.229. The van der Waals surface area contributed by atoms with E-state index in [0.717, 1.165) is 41.0 Å². The van der Waals surface area contributed by atoms with E-state index < -0.39 is 0 Å². The number of nitrogens with one attached hydrogen (secondary N) is 1. The molecule has 124 valence electrons. The third-order valence-corrected chi connectivity index (χ3v) is 5.55. The van der Waals surface area contributed by atoms with Crippen molar-refractivity contribution in [3.8, 4) is 6.07 Å². The van der Waals surface area contributed by atoms with Gasteiger partial charge in [0.25, 0.3) is 5.56 Å². The van der Waals surface area contributed by atoms with Crippen molar-refractivity contribution in [2.45, 2.75) is 46.6 Å². The lowest BCUT2D eigenvalue weighted by Gasteiger charge is -2.11. The molecule has 0 aromatic carbocycles. The van der Waals surface area contributed by atoms with E-state index in [-0.39, 0.29) is 18.0 Å². The molecule has 0 fully saturated rings. The summed E-state index contributed by atoms with van der Waals surface area (Å²) in [6.45, 7) is 5.42. The fraction of sp³-hybridized carbons (Fsp3) is 0.412. The van der Waals surface area contributed by atoms with Crippen LogP contribution < -0.4 is 10.9 Å². The Kier molecular flexibility index (Phi) is 4.24. The summed E-state index contributed by atoms with van der Waals surface area (Å²) in [7, 11) is 0. The van der Waals surface area contributed by atoms with Crippen molar-refractivity contribution in [1.29, 1.82) is 5.26 Å². The van der Waals surface area contributed by atoms with E-state index in [1.54, 1.807) is 6.92 Å². The van der Waals surface area contributed by atoms with E-state index in [1.807, 2.05) is 13.8 Å². The maximum Gasteiger partial charge on any atom is 0.257 e. The Morgan fingerprint density at radius 3 is 2.83 bits per heavy atom. The van der Waals surface area contributed by atoms with Crippen molar-refractivity contribution in [2.75, 3.05) is 5.32 Å². The number of thiophene rings is 1. The standard InChI is InChI=1S/C17H18N4O2S/c1-9-10(2)24-16(13(9)7-18)20-15(22)8-21-11(3)19-14-6-4-5-12(14)17(21)23/h4-6,8H2,1-3H3,(H,20,22). The summed E-state index contributed by atoms with van der Waals surface area (Å²) in [5.41, 5.74) is 2.84. The van der Waals surface area contributed by atoms with Crippen molar-refractivity contribution in [3.05, 3.63) is 43.4 Å². The van der Waals surface area contributed by atoms with E-state index in [4.69, 9.17) is 0 Å². The summed E-state index contributed by atoms with van der Waals surface area (Å²) in [4.78, 5) is 30.4. The average molecular weight is 342 g/mol. The van der Waals surface area contributed by atoms with Gasteiger partial charge in [-0.25, -0.2) is 4.98 Å². The molecule has 1 aliphatic rings. The molecule has 0 atom stereocenters. The van der Waals surface area contributed by atoms with Gasteiger partial charge in [-0.3, -0.25) is 14.2 Å². The first kappa shape index (κ1) is 16.4. The highest BCUT2D eigenvalue weighted by Crippen LogP contribution is 2.31. The van der Waals surface area contributed by atoms with Crippen molar-refractivity contribution in [1.82, 2.24) is 9.55 Å². The number of carbonyl (C=O) groups excluding carboxylic acids is 1. The average Bonchev–Trinajstić information content (AvgIpc) is 3.09. The molecule has 2 heterocycles. The number of nitriles is 1. The van der Waals surface area contributed by atoms with Crippen LogP contribution in [0.1, 0.15) is 39.5 Å². The Morgan fingerprint density at radius 2 is 2.12 bits per heavy atom. The van der Waals surface area contributed by atoms with Gasteiger partial charge in [-0.05, 0) is 45.6 Å². The van der Waals surface area contributed by atoms with E-state index in [0.29, 0.717) is 16.4 Å². The van der Waals surface area contributed by atoms with E-state index >= 15 is 0 Å². The van der Waals surface area contributed by atoms with Crippen LogP contribution >= 0.6 is 11.3 Å². The van der Waals surface area contributed by atoms with Crippen LogP contribution in [0.5, 0.6) is 0 Å². The Morgan fingerprint density at radius 1 is 1.38 bits per heavy atom. The fourth-order valence-electron chi connectivity index (χ4n) is 2.99. The van der Waals surface area contributed by atoms with Gasteiger partial charge in [0, 0.05) is 10.4 Å². The lowest BCUT2D eigenvalue weighted by molar-refractivity contribution is -0.116. The van der Waals surface area contributed by atoms with Crippen LogP contribution in [0.3, 0.4) is 0 Å². The van der Waals surface area contributed by atoms with Crippen molar-refractivity contribution < 1.29 is 4.79 Å². The SMILES string of the molecule is Cc1sc(NC(=O)Cn2c(C)nc3c(c2=O)CCC3)c(C#N)c1C. The van der Waals surface area contributed by atoms with Crippen LogP contribution in [0.4, 0.5) is 5.00 Å². The van der Waals surface area contributed by atoms with Crippen LogP contribution in [0.2, 0.25) is 0 Å². The summed E-state index contributed by atoms with van der Waals surface area (Å²) in [6.07, 6.45) is 2.50. The van der Waals surface area contributed by atoms with Gasteiger partial charge in [0.1, 0.15) is 23.4 Å². The Hall–Kier alpha value is -2.46. The Labute approximate surface area is 143 Å². The number of amides is 1. The third-order valence-electron chi connectivity index (χ3n) is 4.43. The van der Waals surface area contributed by atoms with Gasteiger partial charge >= 0.3 is 0 Å². The zero-order valence-electron chi connectivity index (χ0n) is 13.9. The molecule has 3 rings (SSSR count). The summed E-state index contributed by atoms with van der Waals surface area (Å²) in [6, 6.07) is 2.13. The molecule has 0 radical (unpaired) electrons. The van der Waals surface area contributed by atoms with Crippen molar-refractivity contribution in [2.24, 2.45) is 0 Å². The van der Waals surface area contributed by atoms with Crippen LogP contribution in [0.25, 0.3) is 0 Å². The second-order valence-corrected chi connectivity index (χ2v) is 7.20. The third kappa shape index (κ3) is 2.74. The number of anilines is 1. The second kappa shape index (κ2) is 6.21. The molecule has 0 spiro atoms. The first-order valence-corrected chi connectivity index (χ1v) is 8.63. The number of fused-ring (bicyclic) bond motifs is 1. The Bertz CT molecular complexity index is 934. The van der Waals surface area contributed by atoms with Crippen LogP contribution in [-0.4, -0.2) is 15.5 Å². The molecule has 1 aliphatic carbocycles. The molecular weight excluding hydrogens is 324 g/mol. The first-order valence-electron chi connectivity index (χ1n) is 7.81. The minimum Gasteiger partial charge on any atom is -0.315 e. The van der Waals surface area contributed by atoms with Gasteiger partial charge in [0.15, 0.2) is 0 Å². The van der Waals surface area contributed by atoms with Gasteiger partial charge in [0.05, 0.1) is 11.3 Å². The predicted octanol–water partition coefficient (Wildman–Crippen LogP) is 2.23. The molecule has 2 aromatic rings. The number of hydrogen-bond donors (Lipinski definition) is 1. The van der Waals surface area contributed by atoms with Gasteiger partial charge in [0.2, 0.25) is 5.91 Å². The second-order valence-electron chi connectivity index (χ2n) is 5.98. The largest absolute Gasteiger partial charge is 0.315 e. The molecule has 0 saturated heterocycles. The molecule has 0 bridgehead atoms. The fourth-order valence-corrected chi connectivity index (χ4v) is 4.02. The van der Waals surface area contributed by atoms with Gasteiger partial charge < -0.3 is 5.32 Å². The molecule has 24 heavy (non-hydrogen) atoms. The molecule has 7 heteroatoms. The lowest BCUT2D eigenvalue weighted by atomic mass is 10.2. The molecule has 2 aromatic heterocycles. The molecular formula is C17H18N4O2S. The number of hydrogen-bond acceptors (Lipinski definition) is 5. The Balaban J connectivity index is 1.86. The number of aryl methyl sites for hydroxylation is 3. The molecule has 0 saturated carbocycles. The van der Waals surface area contributed by atoms with Crippen LogP contribution in [0.15, 0.2) is 4.79 Å². The highest BCUT2D eigenvalue weighted by atomic mass is 32.1. The van der Waals surface area contributed by atoms with Gasteiger partial charge in [-0.1, -0.05) is 0 Å². The molecule has 1 N–H and O–H groups in total. The zero-order chi connectivity index (χ0) is 17.4. The van der Waals surface area contributed by atoms with Crippen molar-refractivity contribution in [3.63, 3.8) is 0 Å². The summed E-state index contributed by atoms with van der Waals surface area (Å²) < 4.78 is 1.42. The number of carbonyl (C=O) groups is 1. The summed E-state index contributed by atoms with van der Waals surface area (Å²) >= 11 is 1.38. The first-order chi connectivity index (χ1) is 11.4. The van der Waals surface area contributed by atoms with Crippen LogP contribution in [-0.2, 0) is 24.2 Å². The van der Waals surface area contributed by atoms with Gasteiger partial charge in [-0.2, -0.15) is 5.26 Å². The normalized spacial score (nSPS) is 12.8. The monoisotopic (exact) mass is 342 g/mol. The van der Waals surface area contributed by atoms with Crippen molar-refractivity contribution >= 4 is 22.2 Å². The molecule has 1 amide bonds. The topological polar surface area (TPSA) is 87.8 Å². The maximum absolute atomic E-state index is 12.5. The highest BCUT2D eigenvalue weighted by molar-refractivity contribution is 7.16. The van der Waals surface area contributed by atoms with Gasteiger partial charge in [-0.15, -0.1) is 11.3 Å². The highest BCUT2D eigenvalue weighted by Gasteiger charge is 2.21. The smallest absolute Gasteiger partial charge is 0.257 e. The number of nitrogens with zero attached hydrogens (tertiary/aromatic N) is 3.